The van der Waals surface area contributed by atoms with E-state index >= 15 is 0 Å². The summed E-state index contributed by atoms with van der Waals surface area (Å²) in [6, 6.07) is 4.07. The van der Waals surface area contributed by atoms with E-state index in [1.165, 1.54) is 6.20 Å². The van der Waals surface area contributed by atoms with Gasteiger partial charge in [-0.1, -0.05) is 0 Å². The van der Waals surface area contributed by atoms with Crippen LogP contribution in [0.2, 0.25) is 0 Å². The van der Waals surface area contributed by atoms with E-state index in [0.717, 1.165) is 0 Å². The molecule has 7 nitrogen and oxygen atoms in total. The molecule has 0 saturated heterocycles. The van der Waals surface area contributed by atoms with E-state index < -0.39 is 12.1 Å². The standard InChI is InChI=1S/C14H17N3O4/c1-8(7-18)16-14(20)17-12-6-15-11-5-9(21-2)3-4-10(11)13(12)19/h3-6,8,18H,7H2,1-2H3,(H,15,19)(H2,16,17,20). The van der Waals surface area contributed by atoms with Crippen LogP contribution >= 0.6 is 0 Å². The van der Waals surface area contributed by atoms with E-state index in [2.05, 4.69) is 15.6 Å². The van der Waals surface area contributed by atoms with E-state index in [1.54, 1.807) is 32.2 Å². The minimum Gasteiger partial charge on any atom is -0.497 e. The van der Waals surface area contributed by atoms with Gasteiger partial charge in [-0.15, -0.1) is 0 Å². The fourth-order valence-electron chi connectivity index (χ4n) is 1.85. The molecule has 0 aliphatic heterocycles. The first-order valence-electron chi connectivity index (χ1n) is 6.43. The number of hydrogen-bond donors (Lipinski definition) is 4. The molecule has 1 heterocycles. The second-order valence-electron chi connectivity index (χ2n) is 4.63. The van der Waals surface area contributed by atoms with Crippen molar-refractivity contribution in [3.63, 3.8) is 0 Å². The van der Waals surface area contributed by atoms with Gasteiger partial charge in [0.05, 0.1) is 25.3 Å². The number of H-pyrrole nitrogens is 1. The zero-order valence-electron chi connectivity index (χ0n) is 11.8. The van der Waals surface area contributed by atoms with Gasteiger partial charge < -0.3 is 25.5 Å². The molecule has 0 aliphatic rings. The highest BCUT2D eigenvalue weighted by Gasteiger charge is 2.10. The summed E-state index contributed by atoms with van der Waals surface area (Å²) in [6.07, 6.45) is 1.42. The Balaban J connectivity index is 2.28. The predicted molar refractivity (Wildman–Crippen MR) is 79.8 cm³/mol. The molecule has 1 aromatic carbocycles. The number of aliphatic hydroxyl groups is 1. The van der Waals surface area contributed by atoms with Crippen LogP contribution in [0.4, 0.5) is 10.5 Å². The Morgan fingerprint density at radius 2 is 2.24 bits per heavy atom. The Hall–Kier alpha value is -2.54. The second kappa shape index (κ2) is 6.27. The van der Waals surface area contributed by atoms with Gasteiger partial charge in [-0.05, 0) is 19.1 Å². The van der Waals surface area contributed by atoms with Gasteiger partial charge in [0.15, 0.2) is 0 Å². The molecule has 0 bridgehead atoms. The summed E-state index contributed by atoms with van der Waals surface area (Å²) in [6.45, 7) is 1.47. The van der Waals surface area contributed by atoms with Crippen molar-refractivity contribution in [3.8, 4) is 5.75 Å². The van der Waals surface area contributed by atoms with Crippen LogP contribution in [0, 0.1) is 0 Å². The number of fused-ring (bicyclic) bond motifs is 1. The van der Waals surface area contributed by atoms with Crippen molar-refractivity contribution in [2.45, 2.75) is 13.0 Å². The summed E-state index contributed by atoms with van der Waals surface area (Å²) in [4.78, 5) is 26.9. The molecule has 1 atom stereocenters. The molecule has 0 saturated carbocycles. The van der Waals surface area contributed by atoms with Gasteiger partial charge in [-0.25, -0.2) is 4.79 Å². The van der Waals surface area contributed by atoms with E-state index in [-0.39, 0.29) is 17.7 Å². The summed E-state index contributed by atoms with van der Waals surface area (Å²) >= 11 is 0. The molecular weight excluding hydrogens is 274 g/mol. The number of urea groups is 1. The van der Waals surface area contributed by atoms with Crippen LogP contribution in [0.15, 0.2) is 29.2 Å². The van der Waals surface area contributed by atoms with Crippen LogP contribution in [0.3, 0.4) is 0 Å². The molecule has 0 radical (unpaired) electrons. The van der Waals surface area contributed by atoms with Crippen molar-refractivity contribution in [2.24, 2.45) is 0 Å². The Bertz CT molecular complexity index is 711. The first-order valence-corrected chi connectivity index (χ1v) is 6.43. The van der Waals surface area contributed by atoms with E-state index in [4.69, 9.17) is 9.84 Å². The third-order valence-corrected chi connectivity index (χ3v) is 2.99. The zero-order chi connectivity index (χ0) is 15.4. The third kappa shape index (κ3) is 3.32. The largest absolute Gasteiger partial charge is 0.497 e. The van der Waals surface area contributed by atoms with Crippen molar-refractivity contribution in [2.75, 3.05) is 19.0 Å². The minimum absolute atomic E-state index is 0.135. The van der Waals surface area contributed by atoms with Crippen LogP contribution in [0.1, 0.15) is 6.92 Å². The number of anilines is 1. The Labute approximate surface area is 120 Å². The second-order valence-corrected chi connectivity index (χ2v) is 4.63. The van der Waals surface area contributed by atoms with Crippen LogP contribution in [0.5, 0.6) is 5.75 Å². The van der Waals surface area contributed by atoms with Crippen molar-refractivity contribution < 1.29 is 14.6 Å². The number of rotatable bonds is 4. The minimum atomic E-state index is -0.546. The highest BCUT2D eigenvalue weighted by Crippen LogP contribution is 2.17. The maximum Gasteiger partial charge on any atom is 0.319 e. The van der Waals surface area contributed by atoms with Crippen LogP contribution in [0.25, 0.3) is 10.9 Å². The van der Waals surface area contributed by atoms with Gasteiger partial charge in [0.25, 0.3) is 0 Å². The van der Waals surface area contributed by atoms with Gasteiger partial charge in [-0.2, -0.15) is 0 Å². The number of carbonyl (C=O) groups is 1. The number of aromatic amines is 1. The van der Waals surface area contributed by atoms with Crippen LogP contribution in [-0.2, 0) is 0 Å². The monoisotopic (exact) mass is 291 g/mol. The highest BCUT2D eigenvalue weighted by atomic mass is 16.5. The van der Waals surface area contributed by atoms with Crippen molar-refractivity contribution in [1.29, 1.82) is 0 Å². The molecule has 7 heteroatoms. The number of pyridine rings is 1. The lowest BCUT2D eigenvalue weighted by Gasteiger charge is -2.12. The summed E-state index contributed by atoms with van der Waals surface area (Å²) in [5.41, 5.74) is 0.461. The third-order valence-electron chi connectivity index (χ3n) is 2.99. The first kappa shape index (κ1) is 14.9. The summed E-state index contributed by atoms with van der Waals surface area (Å²) in [5, 5.41) is 14.3. The fraction of sp³-hybridized carbons (Fsp3) is 0.286. The Morgan fingerprint density at radius 1 is 1.48 bits per heavy atom. The van der Waals surface area contributed by atoms with Crippen LogP contribution < -0.4 is 20.8 Å². The van der Waals surface area contributed by atoms with Crippen LogP contribution in [-0.4, -0.2) is 35.9 Å². The summed E-state index contributed by atoms with van der Waals surface area (Å²) < 4.78 is 5.09. The number of aromatic nitrogens is 1. The number of hydrogen-bond acceptors (Lipinski definition) is 4. The van der Waals surface area contributed by atoms with Gasteiger partial charge >= 0.3 is 6.03 Å². The average Bonchev–Trinajstić information content (AvgIpc) is 2.49. The molecule has 112 valence electrons. The number of methoxy groups -OCH3 is 1. The SMILES string of the molecule is COc1ccc2c(=O)c(NC(=O)NC(C)CO)c[nH]c2c1. The topological polar surface area (TPSA) is 103 Å². The molecule has 2 aromatic rings. The number of nitrogens with one attached hydrogen (secondary N) is 3. The summed E-state index contributed by atoms with van der Waals surface area (Å²) in [5.74, 6) is 0.633. The number of carbonyl (C=O) groups excluding carboxylic acids is 1. The van der Waals surface area contributed by atoms with Gasteiger partial charge in [0.1, 0.15) is 11.4 Å². The molecule has 2 rings (SSSR count). The molecule has 4 N–H and O–H groups in total. The number of amides is 2. The van der Waals surface area contributed by atoms with E-state index in [1.807, 2.05) is 0 Å². The maximum atomic E-state index is 12.3. The lowest BCUT2D eigenvalue weighted by atomic mass is 10.2. The maximum absolute atomic E-state index is 12.3. The normalized spacial score (nSPS) is 12.0. The van der Waals surface area contributed by atoms with Crippen molar-refractivity contribution in [3.05, 3.63) is 34.6 Å². The molecule has 1 aromatic heterocycles. The molecule has 2 amide bonds. The van der Waals surface area contributed by atoms with Gasteiger partial charge in [0, 0.05) is 17.6 Å². The molecule has 0 spiro atoms. The smallest absolute Gasteiger partial charge is 0.319 e. The molecule has 1 unspecified atom stereocenters. The van der Waals surface area contributed by atoms with E-state index in [9.17, 15) is 9.59 Å². The van der Waals surface area contributed by atoms with Crippen molar-refractivity contribution in [1.82, 2.24) is 10.3 Å². The molecule has 0 aliphatic carbocycles. The van der Waals surface area contributed by atoms with Gasteiger partial charge in [-0.3, -0.25) is 4.79 Å². The number of benzene rings is 1. The predicted octanol–water partition coefficient (Wildman–Crippen LogP) is 1.04. The number of aliphatic hydroxyl groups excluding tert-OH is 1. The fourth-order valence-corrected chi connectivity index (χ4v) is 1.85. The Morgan fingerprint density at radius 3 is 2.90 bits per heavy atom. The molecule has 21 heavy (non-hydrogen) atoms. The quantitative estimate of drug-likeness (QED) is 0.675. The average molecular weight is 291 g/mol. The lowest BCUT2D eigenvalue weighted by molar-refractivity contribution is 0.229. The molecular formula is C14H17N3O4. The van der Waals surface area contributed by atoms with E-state index in [0.29, 0.717) is 16.7 Å². The summed E-state index contributed by atoms with van der Waals surface area (Å²) in [7, 11) is 1.54. The zero-order valence-corrected chi connectivity index (χ0v) is 11.8. The first-order chi connectivity index (χ1) is 10.0. The lowest BCUT2D eigenvalue weighted by Crippen LogP contribution is -2.39. The number of ether oxygens (including phenoxy) is 1. The Kier molecular flexibility index (Phi) is 4.44. The molecule has 0 fully saturated rings. The van der Waals surface area contributed by atoms with Gasteiger partial charge in [0.2, 0.25) is 5.43 Å². The van der Waals surface area contributed by atoms with Crippen molar-refractivity contribution >= 4 is 22.6 Å². The highest BCUT2D eigenvalue weighted by molar-refractivity contribution is 5.92.